The summed E-state index contributed by atoms with van der Waals surface area (Å²) >= 11 is 0. The molecular formula is C25H18N4. The molecule has 0 fully saturated rings. The molecule has 5 rings (SSSR count). The van der Waals surface area contributed by atoms with Gasteiger partial charge in [0, 0.05) is 11.3 Å². The van der Waals surface area contributed by atoms with E-state index in [1.165, 1.54) is 5.56 Å². The van der Waals surface area contributed by atoms with Crippen molar-refractivity contribution in [2.45, 2.75) is 6.92 Å². The van der Waals surface area contributed by atoms with E-state index in [0.29, 0.717) is 11.2 Å². The Balaban J connectivity index is 1.85. The maximum Gasteiger partial charge on any atom is 0.158 e. The standard InChI is InChI=1S/C25H18N4/c1-17-8-7-11-19(14-17)27-24-15-20(18-9-3-2-4-10-18)21(16-26)25-28-22-12-5-6-13-23(22)29(24)25/h2-15,27H,1H3. The summed E-state index contributed by atoms with van der Waals surface area (Å²) in [7, 11) is 0. The molecule has 0 amide bonds. The van der Waals surface area contributed by atoms with Gasteiger partial charge in [0.15, 0.2) is 5.65 Å². The lowest BCUT2D eigenvalue weighted by Crippen LogP contribution is -2.02. The van der Waals surface area contributed by atoms with Gasteiger partial charge in [0.1, 0.15) is 17.5 Å². The van der Waals surface area contributed by atoms with E-state index in [2.05, 4.69) is 30.4 Å². The van der Waals surface area contributed by atoms with Gasteiger partial charge in [-0.2, -0.15) is 5.26 Å². The third kappa shape index (κ3) is 2.90. The minimum absolute atomic E-state index is 0.571. The molecule has 0 radical (unpaired) electrons. The molecular weight excluding hydrogens is 356 g/mol. The van der Waals surface area contributed by atoms with Gasteiger partial charge in [0.25, 0.3) is 0 Å². The van der Waals surface area contributed by atoms with Crippen molar-refractivity contribution >= 4 is 28.2 Å². The Morgan fingerprint density at radius 3 is 2.48 bits per heavy atom. The molecule has 0 aliphatic carbocycles. The molecule has 138 valence electrons. The highest BCUT2D eigenvalue weighted by atomic mass is 15.1. The van der Waals surface area contributed by atoms with Gasteiger partial charge in [-0.3, -0.25) is 4.40 Å². The summed E-state index contributed by atoms with van der Waals surface area (Å²) in [5.41, 5.74) is 7.09. The smallest absolute Gasteiger partial charge is 0.158 e. The minimum atomic E-state index is 0.571. The second-order valence-electron chi connectivity index (χ2n) is 7.05. The van der Waals surface area contributed by atoms with E-state index < -0.39 is 0 Å². The van der Waals surface area contributed by atoms with Crippen LogP contribution in [0.1, 0.15) is 11.1 Å². The number of hydrogen-bond donors (Lipinski definition) is 1. The van der Waals surface area contributed by atoms with Gasteiger partial charge >= 0.3 is 0 Å². The average Bonchev–Trinajstić information content (AvgIpc) is 3.14. The number of nitriles is 1. The van der Waals surface area contributed by atoms with Crippen LogP contribution in [0, 0.1) is 18.3 Å². The first kappa shape index (κ1) is 17.0. The summed E-state index contributed by atoms with van der Waals surface area (Å²) < 4.78 is 2.03. The largest absolute Gasteiger partial charge is 0.341 e. The Bertz CT molecular complexity index is 1390. The van der Waals surface area contributed by atoms with Crippen LogP contribution >= 0.6 is 0 Å². The van der Waals surface area contributed by atoms with E-state index in [0.717, 1.165) is 33.7 Å². The molecule has 29 heavy (non-hydrogen) atoms. The minimum Gasteiger partial charge on any atom is -0.341 e. The summed E-state index contributed by atoms with van der Waals surface area (Å²) in [6.07, 6.45) is 0. The Kier molecular flexibility index (Phi) is 4.00. The van der Waals surface area contributed by atoms with E-state index in [1.807, 2.05) is 77.2 Å². The van der Waals surface area contributed by atoms with Crippen LogP contribution in [-0.2, 0) is 0 Å². The molecule has 2 aromatic heterocycles. The van der Waals surface area contributed by atoms with E-state index in [9.17, 15) is 5.26 Å². The lowest BCUT2D eigenvalue weighted by atomic mass is 10.0. The molecule has 4 nitrogen and oxygen atoms in total. The van der Waals surface area contributed by atoms with Crippen molar-refractivity contribution in [1.29, 1.82) is 5.26 Å². The van der Waals surface area contributed by atoms with E-state index >= 15 is 0 Å². The van der Waals surface area contributed by atoms with Gasteiger partial charge in [-0.1, -0.05) is 54.6 Å². The van der Waals surface area contributed by atoms with Crippen LogP contribution in [-0.4, -0.2) is 9.38 Å². The van der Waals surface area contributed by atoms with Crippen molar-refractivity contribution in [1.82, 2.24) is 9.38 Å². The number of pyridine rings is 1. The first-order chi connectivity index (χ1) is 14.2. The number of aryl methyl sites for hydroxylation is 1. The first-order valence-corrected chi connectivity index (χ1v) is 9.48. The normalized spacial score (nSPS) is 10.9. The molecule has 0 atom stereocenters. The van der Waals surface area contributed by atoms with Gasteiger partial charge in [-0.25, -0.2) is 4.98 Å². The lowest BCUT2D eigenvalue weighted by molar-refractivity contribution is 1.21. The zero-order valence-electron chi connectivity index (χ0n) is 15.9. The maximum atomic E-state index is 10.00. The highest BCUT2D eigenvalue weighted by Gasteiger charge is 2.18. The van der Waals surface area contributed by atoms with Crippen molar-refractivity contribution in [2.75, 3.05) is 5.32 Å². The lowest BCUT2D eigenvalue weighted by Gasteiger charge is -2.14. The zero-order chi connectivity index (χ0) is 19.8. The Hall–Kier alpha value is -4.10. The van der Waals surface area contributed by atoms with Crippen LogP contribution in [0.15, 0.2) is 84.9 Å². The topological polar surface area (TPSA) is 53.1 Å². The molecule has 0 unspecified atom stereocenters. The number of hydrogen-bond acceptors (Lipinski definition) is 3. The van der Waals surface area contributed by atoms with Crippen LogP contribution < -0.4 is 5.32 Å². The number of imidazole rings is 1. The second kappa shape index (κ2) is 6.81. The number of fused-ring (bicyclic) bond motifs is 3. The number of aromatic nitrogens is 2. The van der Waals surface area contributed by atoms with Gasteiger partial charge in [0.05, 0.1) is 11.0 Å². The Morgan fingerprint density at radius 2 is 1.69 bits per heavy atom. The monoisotopic (exact) mass is 374 g/mol. The molecule has 1 N–H and O–H groups in total. The summed E-state index contributed by atoms with van der Waals surface area (Å²) in [4.78, 5) is 4.79. The Morgan fingerprint density at radius 1 is 0.897 bits per heavy atom. The third-order valence-electron chi connectivity index (χ3n) is 5.06. The molecule has 3 aromatic carbocycles. The van der Waals surface area contributed by atoms with Crippen molar-refractivity contribution < 1.29 is 0 Å². The average molecular weight is 374 g/mol. The number of nitrogens with one attached hydrogen (secondary N) is 1. The van der Waals surface area contributed by atoms with Gasteiger partial charge in [0.2, 0.25) is 0 Å². The number of benzene rings is 3. The first-order valence-electron chi connectivity index (χ1n) is 9.48. The fraction of sp³-hybridized carbons (Fsp3) is 0.0400. The molecule has 0 saturated heterocycles. The summed E-state index contributed by atoms with van der Waals surface area (Å²) in [6, 6.07) is 30.6. The molecule has 0 aliphatic heterocycles. The Labute approximate surface area is 168 Å². The second-order valence-corrected chi connectivity index (χ2v) is 7.05. The van der Waals surface area contributed by atoms with Gasteiger partial charge in [-0.05, 0) is 48.4 Å². The van der Waals surface area contributed by atoms with Crippen LogP contribution in [0.2, 0.25) is 0 Å². The molecule has 0 aliphatic rings. The molecule has 0 saturated carbocycles. The van der Waals surface area contributed by atoms with Crippen molar-refractivity contribution in [3.05, 3.63) is 96.1 Å². The van der Waals surface area contributed by atoms with Gasteiger partial charge in [-0.15, -0.1) is 0 Å². The zero-order valence-corrected chi connectivity index (χ0v) is 15.9. The molecule has 0 spiro atoms. The molecule has 0 bridgehead atoms. The highest BCUT2D eigenvalue weighted by molar-refractivity contribution is 5.90. The SMILES string of the molecule is Cc1cccc(Nc2cc(-c3ccccc3)c(C#N)c3nc4ccccc4n23)c1. The van der Waals surface area contributed by atoms with Crippen molar-refractivity contribution in [3.8, 4) is 17.2 Å². The summed E-state index contributed by atoms with van der Waals surface area (Å²) in [5.74, 6) is 0.872. The van der Waals surface area contributed by atoms with E-state index in [1.54, 1.807) is 0 Å². The van der Waals surface area contributed by atoms with Crippen molar-refractivity contribution in [3.63, 3.8) is 0 Å². The molecule has 4 heteroatoms. The molecule has 5 aromatic rings. The maximum absolute atomic E-state index is 10.00. The van der Waals surface area contributed by atoms with Crippen molar-refractivity contribution in [2.24, 2.45) is 0 Å². The van der Waals surface area contributed by atoms with Crippen LogP contribution in [0.4, 0.5) is 11.5 Å². The fourth-order valence-corrected chi connectivity index (χ4v) is 3.75. The predicted molar refractivity (Wildman–Crippen MR) is 117 cm³/mol. The van der Waals surface area contributed by atoms with Crippen LogP contribution in [0.25, 0.3) is 27.8 Å². The number of rotatable bonds is 3. The highest BCUT2D eigenvalue weighted by Crippen LogP contribution is 2.34. The third-order valence-corrected chi connectivity index (χ3v) is 5.06. The van der Waals surface area contributed by atoms with Crippen LogP contribution in [0.5, 0.6) is 0 Å². The quantitative estimate of drug-likeness (QED) is 0.416. The fourth-order valence-electron chi connectivity index (χ4n) is 3.75. The number of nitrogens with zero attached hydrogens (tertiary/aromatic N) is 3. The summed E-state index contributed by atoms with van der Waals surface area (Å²) in [6.45, 7) is 2.07. The van der Waals surface area contributed by atoms with Gasteiger partial charge < -0.3 is 5.32 Å². The van der Waals surface area contributed by atoms with E-state index in [-0.39, 0.29) is 0 Å². The number of para-hydroxylation sites is 2. The van der Waals surface area contributed by atoms with E-state index in [4.69, 9.17) is 4.98 Å². The van der Waals surface area contributed by atoms with Crippen LogP contribution in [0.3, 0.4) is 0 Å². The summed E-state index contributed by atoms with van der Waals surface area (Å²) in [5, 5.41) is 13.5. The molecule has 2 heterocycles. The number of anilines is 2. The predicted octanol–water partition coefficient (Wildman–Crippen LogP) is 6.08.